The highest BCUT2D eigenvalue weighted by Gasteiger charge is 2.38. The molecule has 4 nitrogen and oxygen atoms in total. The summed E-state index contributed by atoms with van der Waals surface area (Å²) in [7, 11) is 0. The molecule has 104 valence electrons. The van der Waals surface area contributed by atoms with Gasteiger partial charge < -0.3 is 15.4 Å². The van der Waals surface area contributed by atoms with Gasteiger partial charge in [0.25, 0.3) is 0 Å². The minimum absolute atomic E-state index is 0.358. The lowest BCUT2D eigenvalue weighted by atomic mass is 9.89. The molecule has 1 heterocycles. The molecule has 2 rings (SSSR count). The molecule has 4 heteroatoms. The summed E-state index contributed by atoms with van der Waals surface area (Å²) in [5.41, 5.74) is 0.281. The first-order valence-corrected chi connectivity index (χ1v) is 6.69. The molecule has 0 aliphatic carbocycles. The molecular formula is C15H22N2O2. The van der Waals surface area contributed by atoms with Crippen molar-refractivity contribution in [2.24, 2.45) is 0 Å². The Morgan fingerprint density at radius 1 is 1.32 bits per heavy atom. The topological polar surface area (TPSA) is 50.4 Å². The summed E-state index contributed by atoms with van der Waals surface area (Å²) in [5.74, 6) is 0. The highest BCUT2D eigenvalue weighted by atomic mass is 16.6. The van der Waals surface area contributed by atoms with Gasteiger partial charge >= 0.3 is 6.09 Å². The number of hydrogen-bond acceptors (Lipinski definition) is 3. The fraction of sp³-hybridized carbons (Fsp3) is 0.533. The summed E-state index contributed by atoms with van der Waals surface area (Å²) in [6.45, 7) is 7.24. The van der Waals surface area contributed by atoms with E-state index in [1.165, 1.54) is 0 Å². The van der Waals surface area contributed by atoms with Crippen LogP contribution in [0.1, 0.15) is 32.8 Å². The van der Waals surface area contributed by atoms with Crippen molar-refractivity contribution in [2.45, 2.75) is 38.3 Å². The second kappa shape index (κ2) is 5.21. The second-order valence-electron chi connectivity index (χ2n) is 6.00. The molecule has 1 fully saturated rings. The Bertz CT molecular complexity index is 431. The number of benzene rings is 1. The number of hydrogen-bond donors (Lipinski definition) is 2. The van der Waals surface area contributed by atoms with Gasteiger partial charge in [0.15, 0.2) is 0 Å². The van der Waals surface area contributed by atoms with Gasteiger partial charge in [-0.25, -0.2) is 4.79 Å². The van der Waals surface area contributed by atoms with Gasteiger partial charge in [-0.05, 0) is 39.3 Å². The maximum Gasteiger partial charge on any atom is 0.408 e. The predicted octanol–water partition coefficient (Wildman–Crippen LogP) is 2.40. The highest BCUT2D eigenvalue weighted by molar-refractivity contribution is 5.69. The van der Waals surface area contributed by atoms with E-state index >= 15 is 0 Å². The minimum atomic E-state index is -0.478. The van der Waals surface area contributed by atoms with E-state index in [4.69, 9.17) is 4.74 Å². The Kier molecular flexibility index (Phi) is 3.80. The third-order valence-corrected chi connectivity index (χ3v) is 3.22. The van der Waals surface area contributed by atoms with Crippen molar-refractivity contribution < 1.29 is 9.53 Å². The molecule has 1 aliphatic rings. The van der Waals surface area contributed by atoms with Crippen LogP contribution < -0.4 is 10.6 Å². The molecule has 0 unspecified atom stereocenters. The molecule has 1 amide bonds. The van der Waals surface area contributed by atoms with Crippen LogP contribution in [0.25, 0.3) is 0 Å². The van der Waals surface area contributed by atoms with Gasteiger partial charge in [0, 0.05) is 6.54 Å². The van der Waals surface area contributed by atoms with Crippen LogP contribution in [0.2, 0.25) is 0 Å². The first-order chi connectivity index (χ1) is 8.91. The van der Waals surface area contributed by atoms with Gasteiger partial charge in [-0.2, -0.15) is 0 Å². The quantitative estimate of drug-likeness (QED) is 0.860. The van der Waals surface area contributed by atoms with Crippen molar-refractivity contribution in [1.82, 2.24) is 10.6 Å². The van der Waals surface area contributed by atoms with Crippen LogP contribution in [0.15, 0.2) is 30.3 Å². The fourth-order valence-electron chi connectivity index (χ4n) is 2.37. The molecule has 2 N–H and O–H groups in total. The molecule has 0 radical (unpaired) electrons. The van der Waals surface area contributed by atoms with Crippen LogP contribution in [-0.2, 0) is 10.3 Å². The summed E-state index contributed by atoms with van der Waals surface area (Å²) < 4.78 is 5.37. The number of alkyl carbamates (subject to hydrolysis) is 1. The van der Waals surface area contributed by atoms with Crippen LogP contribution in [0.5, 0.6) is 0 Å². The van der Waals surface area contributed by atoms with Crippen molar-refractivity contribution in [3.8, 4) is 0 Å². The van der Waals surface area contributed by atoms with E-state index in [-0.39, 0.29) is 11.6 Å². The van der Waals surface area contributed by atoms with Crippen LogP contribution in [0.3, 0.4) is 0 Å². The number of carbonyl (C=O) groups is 1. The minimum Gasteiger partial charge on any atom is -0.444 e. The standard InChI is InChI=1S/C15H22N2O2/c1-14(2,3)19-13(18)17-15(9-10-16-11-15)12-7-5-4-6-8-12/h4-8,16H,9-11H2,1-3H3,(H,17,18)/t15-/m0/s1. The summed E-state index contributed by atoms with van der Waals surface area (Å²) in [6.07, 6.45) is 0.510. The molecule has 0 saturated carbocycles. The van der Waals surface area contributed by atoms with E-state index < -0.39 is 5.60 Å². The predicted molar refractivity (Wildman–Crippen MR) is 75.0 cm³/mol. The lowest BCUT2D eigenvalue weighted by Crippen LogP contribution is -2.49. The Labute approximate surface area is 114 Å². The second-order valence-corrected chi connectivity index (χ2v) is 6.00. The van der Waals surface area contributed by atoms with Gasteiger partial charge in [0.05, 0.1) is 5.54 Å². The smallest absolute Gasteiger partial charge is 0.408 e. The Hall–Kier alpha value is -1.55. The Morgan fingerprint density at radius 2 is 2.00 bits per heavy atom. The van der Waals surface area contributed by atoms with Gasteiger partial charge in [-0.3, -0.25) is 0 Å². The van der Waals surface area contributed by atoms with E-state index in [1.54, 1.807) is 0 Å². The summed E-state index contributed by atoms with van der Waals surface area (Å²) in [5, 5.41) is 6.35. The summed E-state index contributed by atoms with van der Waals surface area (Å²) in [4.78, 5) is 12.0. The monoisotopic (exact) mass is 262 g/mol. The number of carbonyl (C=O) groups excluding carboxylic acids is 1. The molecule has 0 aromatic heterocycles. The molecular weight excluding hydrogens is 240 g/mol. The largest absolute Gasteiger partial charge is 0.444 e. The van der Waals surface area contributed by atoms with Gasteiger partial charge in [0.1, 0.15) is 5.60 Å². The lowest BCUT2D eigenvalue weighted by molar-refractivity contribution is 0.0461. The first kappa shape index (κ1) is 13.9. The van der Waals surface area contributed by atoms with Crippen molar-refractivity contribution in [2.75, 3.05) is 13.1 Å². The highest BCUT2D eigenvalue weighted by Crippen LogP contribution is 2.28. The lowest BCUT2D eigenvalue weighted by Gasteiger charge is -2.31. The molecule has 0 spiro atoms. The zero-order valence-electron chi connectivity index (χ0n) is 11.8. The number of amides is 1. The van der Waals surface area contributed by atoms with E-state index in [1.807, 2.05) is 51.1 Å². The first-order valence-electron chi connectivity index (χ1n) is 6.69. The van der Waals surface area contributed by atoms with Crippen LogP contribution in [0.4, 0.5) is 4.79 Å². The summed E-state index contributed by atoms with van der Waals surface area (Å²) in [6, 6.07) is 10.1. The third-order valence-electron chi connectivity index (χ3n) is 3.22. The fourth-order valence-corrected chi connectivity index (χ4v) is 2.37. The number of rotatable bonds is 2. The van der Waals surface area contributed by atoms with Crippen molar-refractivity contribution in [3.05, 3.63) is 35.9 Å². The van der Waals surface area contributed by atoms with Crippen molar-refractivity contribution in [1.29, 1.82) is 0 Å². The number of ether oxygens (including phenoxy) is 1. The Balaban J connectivity index is 2.15. The normalized spacial score (nSPS) is 23.1. The molecule has 1 saturated heterocycles. The third kappa shape index (κ3) is 3.47. The van der Waals surface area contributed by atoms with E-state index in [2.05, 4.69) is 10.6 Å². The molecule has 19 heavy (non-hydrogen) atoms. The van der Waals surface area contributed by atoms with Crippen LogP contribution in [-0.4, -0.2) is 24.8 Å². The van der Waals surface area contributed by atoms with E-state index in [9.17, 15) is 4.79 Å². The molecule has 1 atom stereocenters. The average molecular weight is 262 g/mol. The van der Waals surface area contributed by atoms with Gasteiger partial charge in [0.2, 0.25) is 0 Å². The van der Waals surface area contributed by atoms with E-state index in [0.29, 0.717) is 0 Å². The zero-order chi connectivity index (χ0) is 13.9. The van der Waals surface area contributed by atoms with Crippen molar-refractivity contribution in [3.63, 3.8) is 0 Å². The van der Waals surface area contributed by atoms with Gasteiger partial charge in [-0.1, -0.05) is 30.3 Å². The van der Waals surface area contributed by atoms with Crippen LogP contribution in [0, 0.1) is 0 Å². The maximum absolute atomic E-state index is 12.0. The van der Waals surface area contributed by atoms with Crippen molar-refractivity contribution >= 4 is 6.09 Å². The van der Waals surface area contributed by atoms with Crippen LogP contribution >= 0.6 is 0 Å². The molecule has 1 aromatic rings. The Morgan fingerprint density at radius 3 is 2.53 bits per heavy atom. The maximum atomic E-state index is 12.0. The summed E-state index contributed by atoms with van der Waals surface area (Å²) >= 11 is 0. The van der Waals surface area contributed by atoms with Gasteiger partial charge in [-0.15, -0.1) is 0 Å². The number of nitrogens with one attached hydrogen (secondary N) is 2. The molecule has 0 bridgehead atoms. The zero-order valence-corrected chi connectivity index (χ0v) is 11.8. The molecule has 1 aliphatic heterocycles. The van der Waals surface area contributed by atoms with E-state index in [0.717, 1.165) is 25.1 Å². The SMILES string of the molecule is CC(C)(C)OC(=O)N[C@@]1(c2ccccc2)CCNC1. The average Bonchev–Trinajstić information content (AvgIpc) is 2.77. The molecule has 1 aromatic carbocycles.